The van der Waals surface area contributed by atoms with Crippen LogP contribution in [0, 0.1) is 0 Å². The molecule has 102 valence electrons. The molecule has 18 heavy (non-hydrogen) atoms. The monoisotopic (exact) mass is 252 g/mol. The van der Waals surface area contributed by atoms with E-state index in [9.17, 15) is 0 Å². The molecular formula is C14H24N2O2. The summed E-state index contributed by atoms with van der Waals surface area (Å²) in [6, 6.07) is 3.73. The highest BCUT2D eigenvalue weighted by atomic mass is 16.5. The molecule has 2 rings (SSSR count). The smallest absolute Gasteiger partial charge is 0.213 e. The van der Waals surface area contributed by atoms with Crippen molar-refractivity contribution in [2.45, 2.75) is 32.8 Å². The maximum absolute atomic E-state index is 5.86. The number of methoxy groups -OCH3 is 1. The lowest BCUT2D eigenvalue weighted by Crippen LogP contribution is -2.35. The highest BCUT2D eigenvalue weighted by Crippen LogP contribution is 2.19. The van der Waals surface area contributed by atoms with Gasteiger partial charge in [-0.25, -0.2) is 4.98 Å². The summed E-state index contributed by atoms with van der Waals surface area (Å²) in [4.78, 5) is 6.45. The molecular weight excluding hydrogens is 228 g/mol. The van der Waals surface area contributed by atoms with E-state index in [4.69, 9.17) is 9.47 Å². The first kappa shape index (κ1) is 14.8. The fraction of sp³-hybridized carbons (Fsp3) is 0.643. The van der Waals surface area contributed by atoms with E-state index < -0.39 is 0 Å². The summed E-state index contributed by atoms with van der Waals surface area (Å²) in [7, 11) is 3.75. The van der Waals surface area contributed by atoms with Crippen LogP contribution in [0.5, 0.6) is 11.6 Å². The number of nitrogens with zero attached hydrogens (tertiary/aromatic N) is 2. The van der Waals surface area contributed by atoms with Crippen LogP contribution in [-0.2, 0) is 0 Å². The zero-order valence-electron chi connectivity index (χ0n) is 11.8. The summed E-state index contributed by atoms with van der Waals surface area (Å²) in [6.07, 6.45) is 4.22. The van der Waals surface area contributed by atoms with E-state index in [0.29, 0.717) is 12.0 Å². The molecule has 0 aromatic carbocycles. The molecule has 4 nitrogen and oxygen atoms in total. The first-order chi connectivity index (χ1) is 8.78. The number of pyridine rings is 1. The SMILES string of the molecule is CC.COc1ccc(OC2CCN(C)CC2)cn1. The van der Waals surface area contributed by atoms with Gasteiger partial charge in [-0.2, -0.15) is 0 Å². The van der Waals surface area contributed by atoms with E-state index in [1.165, 1.54) is 0 Å². The third-order valence-electron chi connectivity index (χ3n) is 2.89. The number of aromatic nitrogens is 1. The van der Waals surface area contributed by atoms with Gasteiger partial charge in [-0.15, -0.1) is 0 Å². The van der Waals surface area contributed by atoms with Crippen molar-refractivity contribution in [2.75, 3.05) is 27.2 Å². The zero-order valence-corrected chi connectivity index (χ0v) is 11.8. The van der Waals surface area contributed by atoms with Gasteiger partial charge in [0, 0.05) is 19.2 Å². The highest BCUT2D eigenvalue weighted by molar-refractivity contribution is 5.23. The van der Waals surface area contributed by atoms with Crippen LogP contribution in [0.4, 0.5) is 0 Å². The highest BCUT2D eigenvalue weighted by Gasteiger charge is 2.17. The molecule has 0 spiro atoms. The van der Waals surface area contributed by atoms with Crippen LogP contribution in [-0.4, -0.2) is 43.2 Å². The fourth-order valence-electron chi connectivity index (χ4n) is 1.85. The molecule has 0 saturated carbocycles. The van der Waals surface area contributed by atoms with Crippen molar-refractivity contribution in [2.24, 2.45) is 0 Å². The van der Waals surface area contributed by atoms with Crippen molar-refractivity contribution in [3.63, 3.8) is 0 Å². The Morgan fingerprint density at radius 3 is 2.39 bits per heavy atom. The molecule has 0 unspecified atom stereocenters. The van der Waals surface area contributed by atoms with E-state index in [1.807, 2.05) is 26.0 Å². The Bertz CT molecular complexity index is 319. The molecule has 0 N–H and O–H groups in total. The Kier molecular flexibility index (Phi) is 6.50. The molecule has 1 fully saturated rings. The average molecular weight is 252 g/mol. The van der Waals surface area contributed by atoms with Gasteiger partial charge in [0.25, 0.3) is 0 Å². The fourth-order valence-corrected chi connectivity index (χ4v) is 1.85. The van der Waals surface area contributed by atoms with Gasteiger partial charge < -0.3 is 14.4 Å². The lowest BCUT2D eigenvalue weighted by molar-refractivity contribution is 0.114. The van der Waals surface area contributed by atoms with Gasteiger partial charge in [0.1, 0.15) is 11.9 Å². The first-order valence-electron chi connectivity index (χ1n) is 6.63. The molecule has 0 bridgehead atoms. The summed E-state index contributed by atoms with van der Waals surface area (Å²) in [5.41, 5.74) is 0. The Morgan fingerprint density at radius 2 is 1.89 bits per heavy atom. The second-order valence-corrected chi connectivity index (χ2v) is 4.16. The minimum atomic E-state index is 0.325. The van der Waals surface area contributed by atoms with Crippen LogP contribution in [0.2, 0.25) is 0 Å². The maximum Gasteiger partial charge on any atom is 0.213 e. The Morgan fingerprint density at radius 1 is 1.22 bits per heavy atom. The van der Waals surface area contributed by atoms with Crippen molar-refractivity contribution in [3.8, 4) is 11.6 Å². The molecule has 1 aromatic rings. The molecule has 0 amide bonds. The van der Waals surface area contributed by atoms with Crippen LogP contribution < -0.4 is 9.47 Å². The quantitative estimate of drug-likeness (QED) is 0.828. The summed E-state index contributed by atoms with van der Waals surface area (Å²) in [6.45, 7) is 6.21. The van der Waals surface area contributed by atoms with Gasteiger partial charge >= 0.3 is 0 Å². The molecule has 1 aliphatic rings. The topological polar surface area (TPSA) is 34.6 Å². The predicted octanol–water partition coefficient (Wildman–Crippen LogP) is 2.59. The minimum Gasteiger partial charge on any atom is -0.489 e. The normalized spacial score (nSPS) is 16.7. The summed E-state index contributed by atoms with van der Waals surface area (Å²) >= 11 is 0. The van der Waals surface area contributed by atoms with Gasteiger partial charge in [-0.1, -0.05) is 13.8 Å². The number of rotatable bonds is 3. The number of likely N-dealkylation sites (tertiary alicyclic amines) is 1. The number of hydrogen-bond donors (Lipinski definition) is 0. The van der Waals surface area contributed by atoms with Crippen LogP contribution >= 0.6 is 0 Å². The van der Waals surface area contributed by atoms with Crippen LogP contribution in [0.3, 0.4) is 0 Å². The van der Waals surface area contributed by atoms with Gasteiger partial charge in [0.2, 0.25) is 5.88 Å². The molecule has 0 atom stereocenters. The van der Waals surface area contributed by atoms with E-state index in [1.54, 1.807) is 13.3 Å². The summed E-state index contributed by atoms with van der Waals surface area (Å²) < 4.78 is 10.9. The molecule has 1 saturated heterocycles. The van der Waals surface area contributed by atoms with Crippen LogP contribution in [0.25, 0.3) is 0 Å². The summed E-state index contributed by atoms with van der Waals surface area (Å²) in [5, 5.41) is 0. The average Bonchev–Trinajstić information content (AvgIpc) is 2.44. The maximum atomic E-state index is 5.86. The van der Waals surface area contributed by atoms with Crippen molar-refractivity contribution in [1.29, 1.82) is 0 Å². The third kappa shape index (κ3) is 4.53. The standard InChI is InChI=1S/C12H18N2O2.C2H6/c1-14-7-5-10(6-8-14)16-11-3-4-12(15-2)13-9-11;1-2/h3-4,9-10H,5-8H2,1-2H3;1-2H3. The molecule has 1 aliphatic heterocycles. The molecule has 2 heterocycles. The molecule has 0 radical (unpaired) electrons. The second-order valence-electron chi connectivity index (χ2n) is 4.16. The Labute approximate surface area is 110 Å². The van der Waals surface area contributed by atoms with Crippen LogP contribution in [0.15, 0.2) is 18.3 Å². The number of ether oxygens (including phenoxy) is 2. The lowest BCUT2D eigenvalue weighted by Gasteiger charge is -2.29. The predicted molar refractivity (Wildman–Crippen MR) is 73.3 cm³/mol. The van der Waals surface area contributed by atoms with Gasteiger partial charge in [0.15, 0.2) is 0 Å². The lowest BCUT2D eigenvalue weighted by atomic mass is 10.1. The van der Waals surface area contributed by atoms with E-state index in [0.717, 1.165) is 31.7 Å². The van der Waals surface area contributed by atoms with Gasteiger partial charge in [-0.05, 0) is 26.0 Å². The molecule has 1 aromatic heterocycles. The van der Waals surface area contributed by atoms with Gasteiger partial charge in [-0.3, -0.25) is 0 Å². The summed E-state index contributed by atoms with van der Waals surface area (Å²) in [5.74, 6) is 1.45. The van der Waals surface area contributed by atoms with E-state index in [2.05, 4.69) is 16.9 Å². The third-order valence-corrected chi connectivity index (χ3v) is 2.89. The zero-order chi connectivity index (χ0) is 13.4. The number of hydrogen-bond acceptors (Lipinski definition) is 4. The molecule has 0 aliphatic carbocycles. The minimum absolute atomic E-state index is 0.325. The largest absolute Gasteiger partial charge is 0.489 e. The van der Waals surface area contributed by atoms with Crippen molar-refractivity contribution >= 4 is 0 Å². The second kappa shape index (κ2) is 7.93. The Hall–Kier alpha value is -1.29. The van der Waals surface area contributed by atoms with Gasteiger partial charge in [0.05, 0.1) is 13.3 Å². The van der Waals surface area contributed by atoms with E-state index >= 15 is 0 Å². The number of piperidine rings is 1. The molecule has 4 heteroatoms. The van der Waals surface area contributed by atoms with Crippen molar-refractivity contribution in [3.05, 3.63) is 18.3 Å². The Balaban J connectivity index is 0.000000771. The van der Waals surface area contributed by atoms with Crippen molar-refractivity contribution < 1.29 is 9.47 Å². The first-order valence-corrected chi connectivity index (χ1v) is 6.63. The van der Waals surface area contributed by atoms with Crippen molar-refractivity contribution in [1.82, 2.24) is 9.88 Å². The van der Waals surface area contributed by atoms with Crippen LogP contribution in [0.1, 0.15) is 26.7 Å². The van der Waals surface area contributed by atoms with E-state index in [-0.39, 0.29) is 0 Å².